The van der Waals surface area contributed by atoms with Crippen molar-refractivity contribution in [2.75, 3.05) is 13.1 Å². The summed E-state index contributed by atoms with van der Waals surface area (Å²) < 4.78 is 0. The van der Waals surface area contributed by atoms with Gasteiger partial charge in [-0.1, -0.05) is 53.4 Å². The summed E-state index contributed by atoms with van der Waals surface area (Å²) in [5, 5.41) is 22.2. The second kappa shape index (κ2) is 16.5. The fraction of sp³-hybridized carbons (Fsp3) is 0.735. The van der Waals surface area contributed by atoms with Gasteiger partial charge in [0.2, 0.25) is 17.7 Å². The van der Waals surface area contributed by atoms with E-state index in [1.165, 1.54) is 23.5 Å². The van der Waals surface area contributed by atoms with Crippen LogP contribution in [0.15, 0.2) is 18.6 Å². The van der Waals surface area contributed by atoms with Gasteiger partial charge >= 0.3 is 0 Å². The Morgan fingerprint density at radius 1 is 0.936 bits per heavy atom. The van der Waals surface area contributed by atoms with Crippen molar-refractivity contribution in [2.45, 2.75) is 129 Å². The van der Waals surface area contributed by atoms with Crippen LogP contribution in [0.25, 0.3) is 0 Å². The largest absolute Gasteiger partial charge is 0.381 e. The van der Waals surface area contributed by atoms with Crippen LogP contribution in [0.5, 0.6) is 0 Å². The molecule has 5 N–H and O–H groups in total. The highest BCUT2D eigenvalue weighted by atomic mass is 16.3. The van der Waals surface area contributed by atoms with Gasteiger partial charge in [-0.2, -0.15) is 0 Å². The summed E-state index contributed by atoms with van der Waals surface area (Å²) in [5.41, 5.74) is -0.624. The number of hydrogen-bond donors (Lipinski definition) is 5. The minimum atomic E-state index is -1.40. The highest BCUT2D eigenvalue weighted by molar-refractivity contribution is 5.97. The van der Waals surface area contributed by atoms with E-state index in [-0.39, 0.29) is 30.1 Å². The van der Waals surface area contributed by atoms with Crippen LogP contribution in [0.1, 0.15) is 109 Å². The molecule has 1 unspecified atom stereocenters. The van der Waals surface area contributed by atoms with Crippen molar-refractivity contribution < 1.29 is 29.1 Å². The van der Waals surface area contributed by atoms with E-state index in [0.29, 0.717) is 19.4 Å². The number of rotatable bonds is 16. The zero-order valence-corrected chi connectivity index (χ0v) is 28.3. The van der Waals surface area contributed by atoms with Crippen LogP contribution >= 0.6 is 0 Å². The smallest absolute Gasteiger partial charge is 0.272 e. The maximum Gasteiger partial charge on any atom is 0.272 e. The number of carbonyl (C=O) groups excluding carboxylic acids is 5. The quantitative estimate of drug-likeness (QED) is 0.179. The van der Waals surface area contributed by atoms with Gasteiger partial charge in [-0.15, -0.1) is 0 Å². The topological polar surface area (TPSA) is 183 Å². The number of aliphatic hydroxyl groups excluding tert-OH is 1. The predicted molar refractivity (Wildman–Crippen MR) is 175 cm³/mol. The third-order valence-electron chi connectivity index (χ3n) is 9.23. The molecule has 1 aromatic rings. The molecule has 0 spiro atoms. The summed E-state index contributed by atoms with van der Waals surface area (Å²) in [6.45, 7) is 7.54. The second-order valence-corrected chi connectivity index (χ2v) is 14.6. The van der Waals surface area contributed by atoms with Crippen LogP contribution < -0.4 is 21.3 Å². The van der Waals surface area contributed by atoms with E-state index in [1.54, 1.807) is 0 Å². The van der Waals surface area contributed by atoms with Crippen molar-refractivity contribution in [1.29, 1.82) is 0 Å². The zero-order valence-electron chi connectivity index (χ0n) is 28.3. The van der Waals surface area contributed by atoms with E-state index in [1.807, 2.05) is 27.7 Å². The molecule has 0 radical (unpaired) electrons. The minimum absolute atomic E-state index is 0.0735. The van der Waals surface area contributed by atoms with E-state index in [9.17, 15) is 29.1 Å². The Bertz CT molecular complexity index is 1240. The van der Waals surface area contributed by atoms with E-state index >= 15 is 0 Å². The lowest BCUT2D eigenvalue weighted by molar-refractivity contribution is -0.143. The molecule has 0 aliphatic heterocycles. The van der Waals surface area contributed by atoms with Crippen LogP contribution in [0.3, 0.4) is 0 Å². The second-order valence-electron chi connectivity index (χ2n) is 14.6. The number of nitrogens with one attached hydrogen (secondary N) is 4. The van der Waals surface area contributed by atoms with Gasteiger partial charge in [0, 0.05) is 25.0 Å². The van der Waals surface area contributed by atoms with E-state index in [0.717, 1.165) is 57.8 Å². The van der Waals surface area contributed by atoms with Crippen molar-refractivity contribution in [3.63, 3.8) is 0 Å². The van der Waals surface area contributed by atoms with Gasteiger partial charge in [-0.05, 0) is 62.2 Å². The predicted octanol–water partition coefficient (Wildman–Crippen LogP) is 1.85. The molecule has 4 atom stereocenters. The third-order valence-corrected chi connectivity index (χ3v) is 9.23. The average molecular weight is 656 g/mol. The van der Waals surface area contributed by atoms with Gasteiger partial charge in [0.15, 0.2) is 6.10 Å². The molecule has 0 aromatic carbocycles. The van der Waals surface area contributed by atoms with Gasteiger partial charge in [0.25, 0.3) is 11.8 Å². The summed E-state index contributed by atoms with van der Waals surface area (Å²) in [6, 6.07) is -2.58. The highest BCUT2D eigenvalue weighted by Crippen LogP contribution is 2.31. The molecule has 13 heteroatoms. The van der Waals surface area contributed by atoms with Crippen molar-refractivity contribution >= 4 is 29.5 Å². The lowest BCUT2D eigenvalue weighted by Gasteiger charge is -2.37. The maximum atomic E-state index is 14.3. The number of amides is 5. The molecule has 3 aliphatic carbocycles. The fourth-order valence-electron chi connectivity index (χ4n) is 6.15. The number of aromatic nitrogens is 2. The van der Waals surface area contributed by atoms with E-state index in [2.05, 4.69) is 31.2 Å². The molecule has 260 valence electrons. The van der Waals surface area contributed by atoms with Crippen molar-refractivity contribution in [3.05, 3.63) is 24.3 Å². The molecule has 5 amide bonds. The van der Waals surface area contributed by atoms with E-state index < -0.39 is 59.2 Å². The Kier molecular flexibility index (Phi) is 12.7. The summed E-state index contributed by atoms with van der Waals surface area (Å²) in [4.78, 5) is 76.8. The van der Waals surface area contributed by atoms with Crippen LogP contribution in [0, 0.1) is 17.3 Å². The monoisotopic (exact) mass is 655 g/mol. The van der Waals surface area contributed by atoms with Crippen LogP contribution in [-0.4, -0.2) is 92.9 Å². The molecule has 1 aromatic heterocycles. The molecule has 1 heterocycles. The Labute approximate surface area is 277 Å². The Morgan fingerprint density at radius 2 is 1.64 bits per heavy atom. The molecule has 13 nitrogen and oxygen atoms in total. The first-order valence-electron chi connectivity index (χ1n) is 17.3. The minimum Gasteiger partial charge on any atom is -0.381 e. The van der Waals surface area contributed by atoms with Gasteiger partial charge in [0.05, 0.1) is 18.8 Å². The first-order valence-corrected chi connectivity index (χ1v) is 17.3. The Morgan fingerprint density at radius 3 is 2.21 bits per heavy atom. The summed E-state index contributed by atoms with van der Waals surface area (Å²) in [6.07, 6.45) is 12.0. The van der Waals surface area contributed by atoms with E-state index in [4.69, 9.17) is 0 Å². The maximum absolute atomic E-state index is 14.3. The Hall–Kier alpha value is -3.61. The highest BCUT2D eigenvalue weighted by Gasteiger charge is 2.41. The molecule has 3 saturated carbocycles. The van der Waals surface area contributed by atoms with Crippen LogP contribution in [0.4, 0.5) is 0 Å². The molecular formula is C34H53N7O6. The molecule has 0 bridgehead atoms. The number of aliphatic hydroxyl groups is 1. The van der Waals surface area contributed by atoms with Crippen LogP contribution in [-0.2, 0) is 19.2 Å². The van der Waals surface area contributed by atoms with Gasteiger partial charge < -0.3 is 31.3 Å². The normalized spacial score (nSPS) is 19.4. The molecule has 4 rings (SSSR count). The molecule has 0 saturated heterocycles. The zero-order chi connectivity index (χ0) is 34.1. The average Bonchev–Trinajstić information content (AvgIpc) is 3.99. The van der Waals surface area contributed by atoms with Gasteiger partial charge in [0.1, 0.15) is 17.8 Å². The summed E-state index contributed by atoms with van der Waals surface area (Å²) >= 11 is 0. The first kappa shape index (κ1) is 36.2. The van der Waals surface area contributed by atoms with Crippen molar-refractivity contribution in [2.24, 2.45) is 17.3 Å². The fourth-order valence-corrected chi connectivity index (χ4v) is 6.15. The Balaban J connectivity index is 1.48. The molecule has 3 aliphatic rings. The molecule has 47 heavy (non-hydrogen) atoms. The first-order chi connectivity index (χ1) is 22.4. The van der Waals surface area contributed by atoms with Crippen molar-refractivity contribution in [3.8, 4) is 0 Å². The number of nitrogens with zero attached hydrogens (tertiary/aromatic N) is 3. The van der Waals surface area contributed by atoms with Crippen LogP contribution in [0.2, 0.25) is 0 Å². The van der Waals surface area contributed by atoms with Crippen molar-refractivity contribution in [1.82, 2.24) is 36.1 Å². The standard InChI is InChI=1S/C34H53N7O6/c1-5-9-24(28(43)32(46)37-23-14-15-23)38-26(42)20-41(19-21-12-13-21)33(47)29(34(2,3)4)40-31(45)27(22-10-7-6-8-11-22)39-30(44)25-18-35-16-17-36-25/h16-18,21-24,27-29,43H,5-15,19-20H2,1-4H3,(H,37,46)(H,38,42)(H,39,44)(H,40,45)/t24-,27-,28?,29+/m0/s1. The SMILES string of the molecule is CCC[C@H](NC(=O)CN(CC1CC1)C(=O)[C@@H](NC(=O)[C@@H](NC(=O)c1cnccn1)C1CCCCC1)C(C)(C)C)C(O)C(=O)NC1CC1. The molecular weight excluding hydrogens is 602 g/mol. The third kappa shape index (κ3) is 11.0. The summed E-state index contributed by atoms with van der Waals surface area (Å²) in [7, 11) is 0. The van der Waals surface area contributed by atoms with Gasteiger partial charge in [-0.3, -0.25) is 29.0 Å². The summed E-state index contributed by atoms with van der Waals surface area (Å²) in [5.74, 6) is -2.19. The number of carbonyl (C=O) groups is 5. The number of hydrogen-bond acceptors (Lipinski definition) is 8. The molecule has 3 fully saturated rings. The lowest BCUT2D eigenvalue weighted by Crippen LogP contribution is -2.61. The lowest BCUT2D eigenvalue weighted by atomic mass is 9.82. The van der Waals surface area contributed by atoms with Gasteiger partial charge in [-0.25, -0.2) is 4.98 Å².